The van der Waals surface area contributed by atoms with Crippen molar-refractivity contribution in [2.75, 3.05) is 13.2 Å². The number of carbonyl (C=O) groups excluding carboxylic acids is 2. The largest absolute Gasteiger partial charge is 0.464 e. The molecule has 1 heterocycles. The molecule has 3 aromatic rings. The first-order valence-electron chi connectivity index (χ1n) is 9.67. The Labute approximate surface area is 172 Å². The van der Waals surface area contributed by atoms with E-state index in [1.54, 1.807) is 6.92 Å². The Morgan fingerprint density at radius 3 is 2.33 bits per heavy atom. The van der Waals surface area contributed by atoms with E-state index >= 15 is 0 Å². The molecule has 1 aliphatic carbocycles. The standard InChI is InChI=1S/C21H21N5O4/c1-2-29-20(27)18(11-19-23-25-26-24-19)22-21(28)30-12-17-15-9-5-3-7-13(15)14-8-4-6-10-16(14)17/h3-10,17-18H,2,11-12H2,1H3,(H,22,28)(H,23,24,25,26). The maximum absolute atomic E-state index is 12.5. The Morgan fingerprint density at radius 1 is 1.07 bits per heavy atom. The minimum atomic E-state index is -0.974. The highest BCUT2D eigenvalue weighted by Crippen LogP contribution is 2.44. The number of H-pyrrole nitrogens is 1. The minimum Gasteiger partial charge on any atom is -0.464 e. The van der Waals surface area contributed by atoms with Crippen LogP contribution in [0.2, 0.25) is 0 Å². The van der Waals surface area contributed by atoms with Gasteiger partial charge in [-0.2, -0.15) is 5.21 Å². The average Bonchev–Trinajstić information content (AvgIpc) is 3.38. The number of amides is 1. The molecule has 4 rings (SSSR count). The average molecular weight is 407 g/mol. The zero-order chi connectivity index (χ0) is 20.9. The zero-order valence-corrected chi connectivity index (χ0v) is 16.4. The first kappa shape index (κ1) is 19.6. The molecular formula is C21H21N5O4. The van der Waals surface area contributed by atoms with Crippen LogP contribution in [0.3, 0.4) is 0 Å². The SMILES string of the molecule is CCOC(=O)C(Cc1nn[nH]n1)NC(=O)OCC1c2ccccc2-c2ccccc21. The van der Waals surface area contributed by atoms with E-state index in [0.717, 1.165) is 22.3 Å². The number of fused-ring (bicyclic) bond motifs is 3. The quantitative estimate of drug-likeness (QED) is 0.576. The van der Waals surface area contributed by atoms with Crippen molar-refractivity contribution in [3.63, 3.8) is 0 Å². The number of tetrazole rings is 1. The van der Waals surface area contributed by atoms with Gasteiger partial charge >= 0.3 is 12.1 Å². The molecule has 30 heavy (non-hydrogen) atoms. The summed E-state index contributed by atoms with van der Waals surface area (Å²) in [5.41, 5.74) is 4.51. The normalized spacial score (nSPS) is 13.2. The second-order valence-corrected chi connectivity index (χ2v) is 6.81. The van der Waals surface area contributed by atoms with Crippen LogP contribution < -0.4 is 5.32 Å². The summed E-state index contributed by atoms with van der Waals surface area (Å²) in [5, 5.41) is 16.0. The fourth-order valence-electron chi connectivity index (χ4n) is 3.67. The van der Waals surface area contributed by atoms with Crippen molar-refractivity contribution in [3.8, 4) is 11.1 Å². The molecule has 0 radical (unpaired) electrons. The van der Waals surface area contributed by atoms with Crippen LogP contribution >= 0.6 is 0 Å². The number of alkyl carbamates (subject to hydrolysis) is 1. The predicted molar refractivity (Wildman–Crippen MR) is 107 cm³/mol. The fourth-order valence-corrected chi connectivity index (χ4v) is 3.67. The van der Waals surface area contributed by atoms with Gasteiger partial charge in [-0.05, 0) is 29.2 Å². The van der Waals surface area contributed by atoms with Gasteiger partial charge in [0.15, 0.2) is 5.82 Å². The number of benzene rings is 2. The number of nitrogens with one attached hydrogen (secondary N) is 2. The molecule has 1 aliphatic rings. The molecule has 0 fully saturated rings. The molecule has 2 N–H and O–H groups in total. The molecule has 1 aromatic heterocycles. The Bertz CT molecular complexity index is 992. The van der Waals surface area contributed by atoms with Gasteiger partial charge in [-0.1, -0.05) is 53.7 Å². The van der Waals surface area contributed by atoms with Gasteiger partial charge in [0.05, 0.1) is 6.61 Å². The molecule has 0 aliphatic heterocycles. The first-order valence-corrected chi connectivity index (χ1v) is 9.67. The van der Waals surface area contributed by atoms with Gasteiger partial charge in [-0.15, -0.1) is 10.2 Å². The number of aromatic nitrogens is 4. The molecule has 0 saturated heterocycles. The summed E-state index contributed by atoms with van der Waals surface area (Å²) in [4.78, 5) is 24.7. The monoisotopic (exact) mass is 407 g/mol. The third-order valence-corrected chi connectivity index (χ3v) is 4.98. The summed E-state index contributed by atoms with van der Waals surface area (Å²) in [5.74, 6) is -0.371. The van der Waals surface area contributed by atoms with Crippen molar-refractivity contribution < 1.29 is 19.1 Å². The molecule has 1 atom stereocenters. The van der Waals surface area contributed by atoms with Crippen LogP contribution in [0.25, 0.3) is 11.1 Å². The number of nitrogens with zero attached hydrogens (tertiary/aromatic N) is 3. The second-order valence-electron chi connectivity index (χ2n) is 6.81. The number of ether oxygens (including phenoxy) is 2. The van der Waals surface area contributed by atoms with Crippen LogP contribution in [0.1, 0.15) is 29.8 Å². The van der Waals surface area contributed by atoms with Gasteiger partial charge in [-0.3, -0.25) is 0 Å². The van der Waals surface area contributed by atoms with E-state index < -0.39 is 18.1 Å². The first-order chi connectivity index (χ1) is 14.7. The lowest BCUT2D eigenvalue weighted by Gasteiger charge is -2.18. The molecule has 0 bridgehead atoms. The van der Waals surface area contributed by atoms with Crippen molar-refractivity contribution in [2.45, 2.75) is 25.3 Å². The highest BCUT2D eigenvalue weighted by molar-refractivity contribution is 5.82. The van der Waals surface area contributed by atoms with Crippen molar-refractivity contribution in [3.05, 3.63) is 65.5 Å². The third-order valence-electron chi connectivity index (χ3n) is 4.98. The van der Waals surface area contributed by atoms with E-state index in [1.807, 2.05) is 36.4 Å². The molecule has 9 nitrogen and oxygen atoms in total. The predicted octanol–water partition coefficient (Wildman–Crippen LogP) is 2.21. The summed E-state index contributed by atoms with van der Waals surface area (Å²) >= 11 is 0. The molecular weight excluding hydrogens is 386 g/mol. The van der Waals surface area contributed by atoms with Crippen LogP contribution in [0, 0.1) is 0 Å². The number of rotatable bonds is 7. The van der Waals surface area contributed by atoms with Gasteiger partial charge < -0.3 is 14.8 Å². The Morgan fingerprint density at radius 2 is 1.73 bits per heavy atom. The summed E-state index contributed by atoms with van der Waals surface area (Å²) in [7, 11) is 0. The maximum Gasteiger partial charge on any atom is 0.407 e. The lowest BCUT2D eigenvalue weighted by atomic mass is 9.98. The molecule has 1 unspecified atom stereocenters. The summed E-state index contributed by atoms with van der Waals surface area (Å²) in [6, 6.07) is 15.2. The van der Waals surface area contributed by atoms with E-state index in [1.165, 1.54) is 0 Å². The van der Waals surface area contributed by atoms with Crippen LogP contribution in [-0.2, 0) is 20.7 Å². The fraction of sp³-hybridized carbons (Fsp3) is 0.286. The Kier molecular flexibility index (Phi) is 5.69. The van der Waals surface area contributed by atoms with Gasteiger partial charge in [0.25, 0.3) is 0 Å². The third kappa shape index (κ3) is 4.00. The second kappa shape index (κ2) is 8.73. The smallest absolute Gasteiger partial charge is 0.407 e. The minimum absolute atomic E-state index is 0.0412. The van der Waals surface area contributed by atoms with Crippen LogP contribution in [0.15, 0.2) is 48.5 Å². The van der Waals surface area contributed by atoms with Crippen LogP contribution in [0.5, 0.6) is 0 Å². The van der Waals surface area contributed by atoms with E-state index in [2.05, 4.69) is 38.1 Å². The van der Waals surface area contributed by atoms with Crippen molar-refractivity contribution in [1.82, 2.24) is 25.9 Å². The Hall–Kier alpha value is -3.75. The number of esters is 1. The van der Waals surface area contributed by atoms with Gasteiger partial charge in [0.1, 0.15) is 12.6 Å². The van der Waals surface area contributed by atoms with Crippen LogP contribution in [0.4, 0.5) is 4.79 Å². The van der Waals surface area contributed by atoms with E-state index in [9.17, 15) is 9.59 Å². The number of aromatic amines is 1. The van der Waals surface area contributed by atoms with Crippen molar-refractivity contribution in [1.29, 1.82) is 0 Å². The van der Waals surface area contributed by atoms with Crippen molar-refractivity contribution in [2.24, 2.45) is 0 Å². The zero-order valence-electron chi connectivity index (χ0n) is 16.4. The highest BCUT2D eigenvalue weighted by Gasteiger charge is 2.30. The maximum atomic E-state index is 12.5. The van der Waals surface area contributed by atoms with Gasteiger partial charge in [-0.25, -0.2) is 9.59 Å². The number of carbonyl (C=O) groups is 2. The van der Waals surface area contributed by atoms with E-state index in [-0.39, 0.29) is 31.4 Å². The molecule has 0 saturated carbocycles. The van der Waals surface area contributed by atoms with E-state index in [0.29, 0.717) is 0 Å². The van der Waals surface area contributed by atoms with Crippen molar-refractivity contribution >= 4 is 12.1 Å². The highest BCUT2D eigenvalue weighted by atomic mass is 16.6. The molecule has 154 valence electrons. The lowest BCUT2D eigenvalue weighted by Crippen LogP contribution is -2.44. The molecule has 1 amide bonds. The number of hydrogen-bond acceptors (Lipinski definition) is 7. The molecule has 9 heteroatoms. The molecule has 2 aromatic carbocycles. The topological polar surface area (TPSA) is 119 Å². The lowest BCUT2D eigenvalue weighted by molar-refractivity contribution is -0.145. The Balaban J connectivity index is 1.44. The molecule has 0 spiro atoms. The van der Waals surface area contributed by atoms with Gasteiger partial charge in [0, 0.05) is 12.3 Å². The van der Waals surface area contributed by atoms with Gasteiger partial charge in [0.2, 0.25) is 0 Å². The summed E-state index contributed by atoms with van der Waals surface area (Å²) < 4.78 is 10.5. The number of hydrogen-bond donors (Lipinski definition) is 2. The summed E-state index contributed by atoms with van der Waals surface area (Å²) in [6.07, 6.45) is -0.669. The van der Waals surface area contributed by atoms with E-state index in [4.69, 9.17) is 9.47 Å². The summed E-state index contributed by atoms with van der Waals surface area (Å²) in [6.45, 7) is 2.03. The van der Waals surface area contributed by atoms with Crippen LogP contribution in [-0.4, -0.2) is 51.9 Å².